The lowest BCUT2D eigenvalue weighted by molar-refractivity contribution is -0.137. The van der Waals surface area contributed by atoms with Crippen molar-refractivity contribution >= 4 is 16.9 Å². The maximum absolute atomic E-state index is 12.7. The second kappa shape index (κ2) is 4.62. The van der Waals surface area contributed by atoms with Crippen molar-refractivity contribution in [2.75, 3.05) is 0 Å². The maximum atomic E-state index is 12.7. The van der Waals surface area contributed by atoms with Crippen molar-refractivity contribution in [3.63, 3.8) is 0 Å². The molecule has 0 bridgehead atoms. The van der Waals surface area contributed by atoms with E-state index < -0.39 is 17.7 Å². The molecule has 3 aromatic rings. The molecule has 0 aliphatic carbocycles. The molecule has 114 valence electrons. The van der Waals surface area contributed by atoms with E-state index in [9.17, 15) is 18.0 Å². The number of alkyl halides is 3. The number of benzene rings is 1. The van der Waals surface area contributed by atoms with Gasteiger partial charge >= 0.3 is 12.1 Å². The van der Waals surface area contributed by atoms with Crippen molar-refractivity contribution in [3.05, 3.63) is 41.7 Å². The number of carbonyl (C=O) groups is 1. The van der Waals surface area contributed by atoms with E-state index in [0.29, 0.717) is 16.6 Å². The van der Waals surface area contributed by atoms with Crippen LogP contribution in [0.5, 0.6) is 0 Å². The van der Waals surface area contributed by atoms with Crippen LogP contribution in [-0.4, -0.2) is 20.8 Å². The Morgan fingerprint density at radius 3 is 2.59 bits per heavy atom. The van der Waals surface area contributed by atoms with Crippen LogP contribution in [-0.2, 0) is 13.2 Å². The molecule has 2 heterocycles. The maximum Gasteiger partial charge on any atom is 0.416 e. The lowest BCUT2D eigenvalue weighted by Gasteiger charge is -2.06. The number of aryl methyl sites for hydroxylation is 1. The number of fused-ring (bicyclic) bond motifs is 1. The highest BCUT2D eigenvalue weighted by Gasteiger charge is 2.30. The van der Waals surface area contributed by atoms with E-state index in [4.69, 9.17) is 5.11 Å². The molecule has 22 heavy (non-hydrogen) atoms. The molecule has 3 rings (SSSR count). The van der Waals surface area contributed by atoms with Crippen LogP contribution in [0.25, 0.3) is 22.3 Å². The normalized spacial score (nSPS) is 12.0. The number of hydrogen-bond donors (Lipinski definition) is 1. The van der Waals surface area contributed by atoms with E-state index in [1.54, 1.807) is 11.6 Å². The van der Waals surface area contributed by atoms with E-state index >= 15 is 0 Å². The largest absolute Gasteiger partial charge is 0.475 e. The van der Waals surface area contributed by atoms with Crippen molar-refractivity contribution < 1.29 is 27.6 Å². The summed E-state index contributed by atoms with van der Waals surface area (Å²) in [4.78, 5) is 10.8. The Morgan fingerprint density at radius 2 is 2.00 bits per heavy atom. The molecule has 0 saturated heterocycles. The number of halogens is 3. The Hall–Kier alpha value is -2.77. The van der Waals surface area contributed by atoms with E-state index in [-0.39, 0.29) is 11.5 Å². The van der Waals surface area contributed by atoms with Gasteiger partial charge < -0.3 is 14.2 Å². The van der Waals surface area contributed by atoms with E-state index in [1.807, 2.05) is 0 Å². The van der Waals surface area contributed by atoms with E-state index in [0.717, 1.165) is 12.1 Å². The third kappa shape index (κ3) is 2.22. The molecular weight excluding hydrogens is 301 g/mol. The first-order valence-corrected chi connectivity index (χ1v) is 6.14. The van der Waals surface area contributed by atoms with Crippen molar-refractivity contribution in [3.8, 4) is 11.4 Å². The van der Waals surface area contributed by atoms with Gasteiger partial charge in [0, 0.05) is 24.0 Å². The third-order valence-electron chi connectivity index (χ3n) is 3.35. The standard InChI is InChI=1S/C14H9F3N2O3/c1-19-10-3-2-8(14(15,16)17)4-7(10)5-11(19)9-6-12(13(20)21)22-18-9/h2-6H,1H3,(H,20,21). The van der Waals surface area contributed by atoms with Crippen molar-refractivity contribution in [1.82, 2.24) is 9.72 Å². The molecule has 1 N–H and O–H groups in total. The predicted molar refractivity (Wildman–Crippen MR) is 70.4 cm³/mol. The molecule has 0 fully saturated rings. The van der Waals surface area contributed by atoms with Gasteiger partial charge in [-0.05, 0) is 24.3 Å². The summed E-state index contributed by atoms with van der Waals surface area (Å²) in [6.07, 6.45) is -4.42. The van der Waals surface area contributed by atoms with Gasteiger partial charge in [0.1, 0.15) is 5.69 Å². The molecule has 0 amide bonds. The number of rotatable bonds is 2. The average Bonchev–Trinajstić information content (AvgIpc) is 3.02. The highest BCUT2D eigenvalue weighted by molar-refractivity contribution is 5.89. The topological polar surface area (TPSA) is 68.3 Å². The molecule has 8 heteroatoms. The predicted octanol–water partition coefficient (Wildman–Crippen LogP) is 3.55. The van der Waals surface area contributed by atoms with Crippen LogP contribution in [0.3, 0.4) is 0 Å². The summed E-state index contributed by atoms with van der Waals surface area (Å²) in [6.45, 7) is 0. The third-order valence-corrected chi connectivity index (χ3v) is 3.35. The number of carboxylic acid groups (broad SMARTS) is 1. The first-order chi connectivity index (χ1) is 10.3. The minimum Gasteiger partial charge on any atom is -0.475 e. The highest BCUT2D eigenvalue weighted by atomic mass is 19.4. The van der Waals surface area contributed by atoms with Crippen LogP contribution in [0.15, 0.2) is 34.9 Å². The van der Waals surface area contributed by atoms with Gasteiger partial charge in [-0.3, -0.25) is 0 Å². The summed E-state index contributed by atoms with van der Waals surface area (Å²) in [5.41, 5.74) is 0.529. The second-order valence-corrected chi connectivity index (χ2v) is 4.74. The zero-order valence-electron chi connectivity index (χ0n) is 11.2. The molecule has 0 saturated carbocycles. The SMILES string of the molecule is Cn1c(-c2cc(C(=O)O)on2)cc2cc(C(F)(F)F)ccc21. The summed E-state index contributed by atoms with van der Waals surface area (Å²) in [5.74, 6) is -1.60. The molecule has 0 aliphatic heterocycles. The van der Waals surface area contributed by atoms with Crippen LogP contribution in [0.4, 0.5) is 13.2 Å². The van der Waals surface area contributed by atoms with Gasteiger partial charge in [-0.1, -0.05) is 5.16 Å². The first-order valence-electron chi connectivity index (χ1n) is 6.14. The smallest absolute Gasteiger partial charge is 0.416 e. The summed E-state index contributed by atoms with van der Waals surface area (Å²) >= 11 is 0. The lowest BCUT2D eigenvalue weighted by Crippen LogP contribution is -2.04. The minimum atomic E-state index is -4.42. The highest BCUT2D eigenvalue weighted by Crippen LogP contribution is 2.34. The van der Waals surface area contributed by atoms with Gasteiger partial charge in [0.2, 0.25) is 5.76 Å². The summed E-state index contributed by atoms with van der Waals surface area (Å²) in [6, 6.07) is 6.13. The Bertz CT molecular complexity index is 877. The van der Waals surface area contributed by atoms with Gasteiger partial charge in [-0.15, -0.1) is 0 Å². The number of carboxylic acids is 1. The zero-order valence-corrected chi connectivity index (χ0v) is 11.2. The van der Waals surface area contributed by atoms with Crippen LogP contribution >= 0.6 is 0 Å². The Morgan fingerprint density at radius 1 is 1.27 bits per heavy atom. The number of aromatic carboxylic acids is 1. The van der Waals surface area contributed by atoms with Crippen molar-refractivity contribution in [2.45, 2.75) is 6.18 Å². The molecule has 1 aromatic carbocycles. The van der Waals surface area contributed by atoms with Gasteiger partial charge in [-0.25, -0.2) is 4.79 Å². The second-order valence-electron chi connectivity index (χ2n) is 4.74. The van der Waals surface area contributed by atoms with Crippen molar-refractivity contribution in [2.24, 2.45) is 7.05 Å². The Kier molecular flexibility index (Phi) is 2.98. The van der Waals surface area contributed by atoms with Crippen LogP contribution < -0.4 is 0 Å². The fourth-order valence-electron chi connectivity index (χ4n) is 2.27. The van der Waals surface area contributed by atoms with E-state index in [1.165, 1.54) is 18.2 Å². The molecule has 5 nitrogen and oxygen atoms in total. The molecule has 0 atom stereocenters. The van der Waals surface area contributed by atoms with Gasteiger partial charge in [0.15, 0.2) is 0 Å². The first kappa shape index (κ1) is 14.2. The fourth-order valence-corrected chi connectivity index (χ4v) is 2.27. The molecule has 2 aromatic heterocycles. The van der Waals surface area contributed by atoms with Gasteiger partial charge in [0.05, 0.1) is 11.3 Å². The van der Waals surface area contributed by atoms with Gasteiger partial charge in [0.25, 0.3) is 0 Å². The molecule has 0 unspecified atom stereocenters. The summed E-state index contributed by atoms with van der Waals surface area (Å²) in [5, 5.41) is 12.8. The van der Waals surface area contributed by atoms with Crippen LogP contribution in [0, 0.1) is 0 Å². The number of nitrogens with zero attached hydrogens (tertiary/aromatic N) is 2. The van der Waals surface area contributed by atoms with Crippen LogP contribution in [0.2, 0.25) is 0 Å². The fraction of sp³-hybridized carbons (Fsp3) is 0.143. The molecule has 0 aliphatic rings. The summed E-state index contributed by atoms with van der Waals surface area (Å²) < 4.78 is 44.5. The number of hydrogen-bond acceptors (Lipinski definition) is 3. The molecule has 0 radical (unpaired) electrons. The van der Waals surface area contributed by atoms with Gasteiger partial charge in [-0.2, -0.15) is 13.2 Å². The van der Waals surface area contributed by atoms with Crippen LogP contribution in [0.1, 0.15) is 16.1 Å². The minimum absolute atomic E-state index is 0.240. The molecule has 0 spiro atoms. The lowest BCUT2D eigenvalue weighted by atomic mass is 10.1. The van der Waals surface area contributed by atoms with Crippen molar-refractivity contribution in [1.29, 1.82) is 0 Å². The summed E-state index contributed by atoms with van der Waals surface area (Å²) in [7, 11) is 1.65. The number of aromatic nitrogens is 2. The monoisotopic (exact) mass is 310 g/mol. The average molecular weight is 310 g/mol. The quantitative estimate of drug-likeness (QED) is 0.786. The zero-order chi connectivity index (χ0) is 16.1. The molecular formula is C14H9F3N2O3. The Balaban J connectivity index is 2.14. The van der Waals surface area contributed by atoms with E-state index in [2.05, 4.69) is 9.68 Å². The Labute approximate surface area is 121 Å².